The highest BCUT2D eigenvalue weighted by Gasteiger charge is 2.06. The predicted octanol–water partition coefficient (Wildman–Crippen LogP) is 0.116. The number of nitrogens with two attached hydrogens (primary N) is 1. The highest BCUT2D eigenvalue weighted by molar-refractivity contribution is 5.43. The molecule has 0 aliphatic heterocycles. The van der Waals surface area contributed by atoms with Crippen molar-refractivity contribution in [1.29, 1.82) is 5.26 Å². The van der Waals surface area contributed by atoms with Crippen LogP contribution in [0, 0.1) is 11.3 Å². The SMILES string of the molecule is N#Cc1ccnnc1-n1cc(N)cn1. The van der Waals surface area contributed by atoms with Gasteiger partial charge in [0.05, 0.1) is 24.3 Å². The summed E-state index contributed by atoms with van der Waals surface area (Å²) in [6, 6.07) is 3.57. The Morgan fingerprint density at radius 2 is 2.36 bits per heavy atom. The molecule has 68 valence electrons. The zero-order valence-electron chi connectivity index (χ0n) is 7.12. The lowest BCUT2D eigenvalue weighted by atomic mass is 10.3. The lowest BCUT2D eigenvalue weighted by Gasteiger charge is -1.99. The van der Waals surface area contributed by atoms with Crippen LogP contribution in [-0.2, 0) is 0 Å². The average Bonchev–Trinajstić information content (AvgIpc) is 2.65. The third-order valence-electron chi connectivity index (χ3n) is 1.64. The Morgan fingerprint density at radius 3 is 3.00 bits per heavy atom. The minimum absolute atomic E-state index is 0.381. The predicted molar refractivity (Wildman–Crippen MR) is 48.3 cm³/mol. The number of nitrogens with zero attached hydrogens (tertiary/aromatic N) is 5. The standard InChI is InChI=1S/C8H6N6/c9-3-6-1-2-11-13-8(6)14-5-7(10)4-12-14/h1-2,4-5H,10H2. The van der Waals surface area contributed by atoms with E-state index in [0.29, 0.717) is 17.1 Å². The summed E-state index contributed by atoms with van der Waals surface area (Å²) in [6.07, 6.45) is 4.51. The van der Waals surface area contributed by atoms with Crippen molar-refractivity contribution < 1.29 is 0 Å². The lowest BCUT2D eigenvalue weighted by molar-refractivity contribution is 0.810. The van der Waals surface area contributed by atoms with Crippen LogP contribution >= 0.6 is 0 Å². The second-order valence-electron chi connectivity index (χ2n) is 2.60. The van der Waals surface area contributed by atoms with Crippen LogP contribution in [0.15, 0.2) is 24.7 Å². The van der Waals surface area contributed by atoms with Gasteiger partial charge in [-0.25, -0.2) is 4.68 Å². The molecule has 0 bridgehead atoms. The van der Waals surface area contributed by atoms with Crippen molar-refractivity contribution in [1.82, 2.24) is 20.0 Å². The zero-order valence-corrected chi connectivity index (χ0v) is 7.12. The summed E-state index contributed by atoms with van der Waals surface area (Å²) in [5, 5.41) is 20.2. The third-order valence-corrected chi connectivity index (χ3v) is 1.64. The Labute approximate surface area is 79.6 Å². The summed E-state index contributed by atoms with van der Waals surface area (Å²) in [5.74, 6) is 0.381. The first-order valence-corrected chi connectivity index (χ1v) is 3.83. The molecule has 2 rings (SSSR count). The van der Waals surface area contributed by atoms with Crippen molar-refractivity contribution in [3.05, 3.63) is 30.2 Å². The fourth-order valence-corrected chi connectivity index (χ4v) is 1.03. The fraction of sp³-hybridized carbons (Fsp3) is 0. The van der Waals surface area contributed by atoms with E-state index in [1.807, 2.05) is 6.07 Å². The topological polar surface area (TPSA) is 93.4 Å². The number of hydrogen-bond donors (Lipinski definition) is 1. The van der Waals surface area contributed by atoms with Crippen molar-refractivity contribution in [3.63, 3.8) is 0 Å². The van der Waals surface area contributed by atoms with Crippen LogP contribution in [0.1, 0.15) is 5.56 Å². The first-order valence-electron chi connectivity index (χ1n) is 3.83. The molecule has 0 spiro atoms. The number of nitriles is 1. The van der Waals surface area contributed by atoms with Crippen LogP contribution < -0.4 is 5.73 Å². The van der Waals surface area contributed by atoms with Gasteiger partial charge >= 0.3 is 0 Å². The molecule has 0 aliphatic rings. The van der Waals surface area contributed by atoms with Crippen LogP contribution in [0.3, 0.4) is 0 Å². The maximum Gasteiger partial charge on any atom is 0.193 e. The number of hydrogen-bond acceptors (Lipinski definition) is 5. The second-order valence-corrected chi connectivity index (χ2v) is 2.60. The van der Waals surface area contributed by atoms with E-state index in [0.717, 1.165) is 0 Å². The Kier molecular flexibility index (Phi) is 1.84. The molecule has 2 N–H and O–H groups in total. The van der Waals surface area contributed by atoms with E-state index in [1.54, 1.807) is 12.3 Å². The average molecular weight is 186 g/mol. The molecule has 0 saturated carbocycles. The van der Waals surface area contributed by atoms with E-state index >= 15 is 0 Å². The van der Waals surface area contributed by atoms with Gasteiger partial charge in [0.2, 0.25) is 0 Å². The highest BCUT2D eigenvalue weighted by atomic mass is 15.3. The smallest absolute Gasteiger partial charge is 0.193 e. The van der Waals surface area contributed by atoms with E-state index in [4.69, 9.17) is 11.0 Å². The Hall–Kier alpha value is -2.42. The van der Waals surface area contributed by atoms with Crippen LogP contribution in [-0.4, -0.2) is 20.0 Å². The summed E-state index contributed by atoms with van der Waals surface area (Å²) >= 11 is 0. The van der Waals surface area contributed by atoms with Crippen molar-refractivity contribution in [2.45, 2.75) is 0 Å². The van der Waals surface area contributed by atoms with Gasteiger partial charge in [-0.3, -0.25) is 0 Å². The van der Waals surface area contributed by atoms with Gasteiger partial charge in [0.25, 0.3) is 0 Å². The van der Waals surface area contributed by atoms with E-state index in [9.17, 15) is 0 Å². The monoisotopic (exact) mass is 186 g/mol. The Balaban J connectivity index is 2.57. The van der Waals surface area contributed by atoms with E-state index in [2.05, 4.69) is 15.3 Å². The highest BCUT2D eigenvalue weighted by Crippen LogP contribution is 2.09. The van der Waals surface area contributed by atoms with Crippen LogP contribution in [0.2, 0.25) is 0 Å². The van der Waals surface area contributed by atoms with Crippen molar-refractivity contribution in [2.24, 2.45) is 0 Å². The van der Waals surface area contributed by atoms with Gasteiger partial charge in [-0.1, -0.05) is 0 Å². The molecule has 0 aliphatic carbocycles. The Bertz CT molecular complexity index is 495. The minimum Gasteiger partial charge on any atom is -0.396 e. The molecule has 0 amide bonds. The van der Waals surface area contributed by atoms with Crippen molar-refractivity contribution in [2.75, 3.05) is 5.73 Å². The van der Waals surface area contributed by atoms with Gasteiger partial charge in [0, 0.05) is 0 Å². The van der Waals surface area contributed by atoms with Crippen molar-refractivity contribution in [3.8, 4) is 11.9 Å². The molecule has 14 heavy (non-hydrogen) atoms. The van der Waals surface area contributed by atoms with E-state index in [1.165, 1.54) is 17.1 Å². The Morgan fingerprint density at radius 1 is 1.50 bits per heavy atom. The molecular weight excluding hydrogens is 180 g/mol. The van der Waals surface area contributed by atoms with Gasteiger partial charge in [-0.05, 0) is 6.07 Å². The molecule has 2 heterocycles. The van der Waals surface area contributed by atoms with E-state index < -0.39 is 0 Å². The number of rotatable bonds is 1. The molecule has 0 unspecified atom stereocenters. The van der Waals surface area contributed by atoms with Gasteiger partial charge < -0.3 is 5.73 Å². The van der Waals surface area contributed by atoms with Gasteiger partial charge in [-0.15, -0.1) is 5.10 Å². The fourth-order valence-electron chi connectivity index (χ4n) is 1.03. The van der Waals surface area contributed by atoms with Crippen molar-refractivity contribution >= 4 is 5.69 Å². The van der Waals surface area contributed by atoms with Crippen LogP contribution in [0.25, 0.3) is 5.82 Å². The first-order chi connectivity index (χ1) is 6.81. The molecule has 0 radical (unpaired) electrons. The molecular formula is C8H6N6. The molecule has 6 heteroatoms. The largest absolute Gasteiger partial charge is 0.396 e. The summed E-state index contributed by atoms with van der Waals surface area (Å²) in [6.45, 7) is 0. The second kappa shape index (κ2) is 3.14. The molecule has 0 aromatic carbocycles. The van der Waals surface area contributed by atoms with Crippen LogP contribution in [0.5, 0.6) is 0 Å². The van der Waals surface area contributed by atoms with Gasteiger partial charge in [-0.2, -0.15) is 15.5 Å². The molecule has 6 nitrogen and oxygen atoms in total. The zero-order chi connectivity index (χ0) is 9.97. The molecule has 0 fully saturated rings. The summed E-state index contributed by atoms with van der Waals surface area (Å²) in [7, 11) is 0. The first kappa shape index (κ1) is 8.19. The minimum atomic E-state index is 0.381. The lowest BCUT2D eigenvalue weighted by Crippen LogP contribution is -2.02. The quantitative estimate of drug-likeness (QED) is 0.682. The summed E-state index contributed by atoms with van der Waals surface area (Å²) < 4.78 is 1.42. The molecule has 0 saturated heterocycles. The van der Waals surface area contributed by atoms with E-state index in [-0.39, 0.29) is 0 Å². The number of anilines is 1. The van der Waals surface area contributed by atoms with Gasteiger partial charge in [0.15, 0.2) is 5.82 Å². The summed E-state index contributed by atoms with van der Waals surface area (Å²) in [5.41, 5.74) is 6.41. The number of nitrogen functional groups attached to an aromatic ring is 1. The third kappa shape index (κ3) is 1.27. The summed E-state index contributed by atoms with van der Waals surface area (Å²) in [4.78, 5) is 0. The molecule has 0 atom stereocenters. The normalized spacial score (nSPS) is 9.64. The van der Waals surface area contributed by atoms with Crippen LogP contribution in [0.4, 0.5) is 5.69 Å². The maximum absolute atomic E-state index is 8.80. The van der Waals surface area contributed by atoms with Gasteiger partial charge in [0.1, 0.15) is 11.6 Å². The maximum atomic E-state index is 8.80. The number of aromatic nitrogens is 4. The molecule has 2 aromatic heterocycles. The molecule has 2 aromatic rings.